The number of nitrogens with one attached hydrogen (secondary N) is 1. The minimum atomic E-state index is -0.493. The van der Waals surface area contributed by atoms with Crippen LogP contribution >= 0.6 is 0 Å². The van der Waals surface area contributed by atoms with Gasteiger partial charge < -0.3 is 15.1 Å². The molecule has 0 heterocycles. The first-order chi connectivity index (χ1) is 18.2. The lowest BCUT2D eigenvalue weighted by atomic mass is 10.1. The summed E-state index contributed by atoms with van der Waals surface area (Å²) in [5.41, 5.74) is 4.70. The van der Waals surface area contributed by atoms with Crippen LogP contribution in [0.15, 0.2) is 91.0 Å². The van der Waals surface area contributed by atoms with Crippen molar-refractivity contribution in [3.63, 3.8) is 0 Å². The molecule has 0 fully saturated rings. The Kier molecular flexibility index (Phi) is 8.16. The van der Waals surface area contributed by atoms with Gasteiger partial charge in [0.05, 0.1) is 0 Å². The number of aryl methyl sites for hydroxylation is 1. The van der Waals surface area contributed by atoms with E-state index in [0.29, 0.717) is 11.3 Å². The van der Waals surface area contributed by atoms with E-state index >= 15 is 0 Å². The van der Waals surface area contributed by atoms with Gasteiger partial charge in [0.2, 0.25) is 0 Å². The van der Waals surface area contributed by atoms with E-state index in [1.54, 1.807) is 35.2 Å². The van der Waals surface area contributed by atoms with E-state index in [1.165, 1.54) is 30.3 Å². The fourth-order valence-electron chi connectivity index (χ4n) is 4.24. The number of benzene rings is 4. The average molecular weight is 514 g/mol. The molecule has 4 aromatic rings. The lowest BCUT2D eigenvalue weighted by Crippen LogP contribution is -2.31. The van der Waals surface area contributed by atoms with E-state index in [0.717, 1.165) is 22.4 Å². The predicted molar refractivity (Wildman–Crippen MR) is 146 cm³/mol. The standard InChI is InChI=1S/C31H29F2N3O2/c1-21-6-4-8-24(16-21)31(38)36(19-22-10-12-26(32)13-11-22)20-25-18-28(14-15-29(25)35(2)3)34-30(37)23-7-5-9-27(33)17-23/h4-18H,19-20H2,1-3H3,(H,34,37). The second-order valence-electron chi connectivity index (χ2n) is 9.36. The summed E-state index contributed by atoms with van der Waals surface area (Å²) in [5.74, 6) is -1.45. The van der Waals surface area contributed by atoms with Gasteiger partial charge >= 0.3 is 0 Å². The van der Waals surface area contributed by atoms with Gasteiger partial charge in [-0.3, -0.25) is 9.59 Å². The Morgan fingerprint density at radius 1 is 0.763 bits per heavy atom. The van der Waals surface area contributed by atoms with Gasteiger partial charge in [-0.2, -0.15) is 0 Å². The highest BCUT2D eigenvalue weighted by Crippen LogP contribution is 2.26. The third-order valence-electron chi connectivity index (χ3n) is 6.11. The minimum absolute atomic E-state index is 0.170. The number of carbonyl (C=O) groups excluding carboxylic acids is 2. The van der Waals surface area contributed by atoms with E-state index in [9.17, 15) is 18.4 Å². The van der Waals surface area contributed by atoms with Crippen LogP contribution in [0.4, 0.5) is 20.2 Å². The molecular weight excluding hydrogens is 484 g/mol. The van der Waals surface area contributed by atoms with Gasteiger partial charge in [-0.05, 0) is 78.7 Å². The van der Waals surface area contributed by atoms with Crippen LogP contribution in [-0.2, 0) is 13.1 Å². The molecule has 0 bridgehead atoms. The van der Waals surface area contributed by atoms with Gasteiger partial charge in [-0.15, -0.1) is 0 Å². The van der Waals surface area contributed by atoms with Crippen LogP contribution in [0.5, 0.6) is 0 Å². The van der Waals surface area contributed by atoms with E-state index in [2.05, 4.69) is 5.32 Å². The zero-order valence-electron chi connectivity index (χ0n) is 21.5. The van der Waals surface area contributed by atoms with Crippen LogP contribution in [0.25, 0.3) is 0 Å². The van der Waals surface area contributed by atoms with Crippen LogP contribution in [0, 0.1) is 18.6 Å². The van der Waals surface area contributed by atoms with Crippen molar-refractivity contribution in [1.82, 2.24) is 4.90 Å². The summed E-state index contributed by atoms with van der Waals surface area (Å²) in [4.78, 5) is 30.0. The van der Waals surface area contributed by atoms with Gasteiger partial charge in [0, 0.05) is 49.7 Å². The summed E-state index contributed by atoms with van der Waals surface area (Å²) >= 11 is 0. The number of rotatable bonds is 8. The van der Waals surface area contributed by atoms with Crippen molar-refractivity contribution >= 4 is 23.2 Å². The second kappa shape index (κ2) is 11.7. The maximum atomic E-state index is 13.7. The normalized spacial score (nSPS) is 10.7. The van der Waals surface area contributed by atoms with Crippen molar-refractivity contribution in [3.8, 4) is 0 Å². The smallest absolute Gasteiger partial charge is 0.255 e. The first kappa shape index (κ1) is 26.5. The van der Waals surface area contributed by atoms with Gasteiger partial charge in [-0.25, -0.2) is 8.78 Å². The van der Waals surface area contributed by atoms with E-state index < -0.39 is 11.7 Å². The summed E-state index contributed by atoms with van der Waals surface area (Å²) in [6.45, 7) is 2.43. The zero-order chi connectivity index (χ0) is 27.2. The molecule has 5 nitrogen and oxygen atoms in total. The molecule has 38 heavy (non-hydrogen) atoms. The van der Waals surface area contributed by atoms with Crippen molar-refractivity contribution in [2.45, 2.75) is 20.0 Å². The molecular formula is C31H29F2N3O2. The van der Waals surface area contributed by atoms with E-state index in [1.807, 2.05) is 56.3 Å². The summed E-state index contributed by atoms with van der Waals surface area (Å²) in [7, 11) is 3.80. The van der Waals surface area contributed by atoms with Crippen LogP contribution in [-0.4, -0.2) is 30.8 Å². The van der Waals surface area contributed by atoms with Crippen molar-refractivity contribution in [2.75, 3.05) is 24.3 Å². The fourth-order valence-corrected chi connectivity index (χ4v) is 4.24. The number of anilines is 2. The highest BCUT2D eigenvalue weighted by Gasteiger charge is 2.20. The number of halogens is 2. The Morgan fingerprint density at radius 3 is 2.16 bits per heavy atom. The molecule has 194 valence electrons. The Balaban J connectivity index is 1.67. The van der Waals surface area contributed by atoms with Crippen molar-refractivity contribution < 1.29 is 18.4 Å². The highest BCUT2D eigenvalue weighted by molar-refractivity contribution is 6.04. The van der Waals surface area contributed by atoms with E-state index in [-0.39, 0.29) is 30.4 Å². The molecule has 0 aliphatic heterocycles. The monoisotopic (exact) mass is 513 g/mol. The zero-order valence-corrected chi connectivity index (χ0v) is 21.5. The number of hydrogen-bond donors (Lipinski definition) is 1. The Bertz CT molecular complexity index is 1450. The first-order valence-electron chi connectivity index (χ1n) is 12.2. The SMILES string of the molecule is Cc1cccc(C(=O)N(Cc2ccc(F)cc2)Cc2cc(NC(=O)c3cccc(F)c3)ccc2N(C)C)c1. The van der Waals surface area contributed by atoms with Gasteiger partial charge in [0.25, 0.3) is 11.8 Å². The third-order valence-corrected chi connectivity index (χ3v) is 6.11. The molecule has 7 heteroatoms. The topological polar surface area (TPSA) is 52.7 Å². The molecule has 0 radical (unpaired) electrons. The molecule has 2 amide bonds. The quantitative estimate of drug-likeness (QED) is 0.295. The summed E-state index contributed by atoms with van der Waals surface area (Å²) in [6, 6.07) is 24.4. The van der Waals surface area contributed by atoms with Crippen molar-refractivity contribution in [2.24, 2.45) is 0 Å². The molecule has 0 unspecified atom stereocenters. The number of amides is 2. The van der Waals surface area contributed by atoms with E-state index in [4.69, 9.17) is 0 Å². The Morgan fingerprint density at radius 2 is 1.47 bits per heavy atom. The first-order valence-corrected chi connectivity index (χ1v) is 12.2. The molecule has 4 aromatic carbocycles. The molecule has 0 aromatic heterocycles. The molecule has 0 atom stereocenters. The number of nitrogens with zero attached hydrogens (tertiary/aromatic N) is 2. The highest BCUT2D eigenvalue weighted by atomic mass is 19.1. The summed E-state index contributed by atoms with van der Waals surface area (Å²) in [5, 5.41) is 2.82. The Labute approximate surface area is 221 Å². The van der Waals surface area contributed by atoms with Crippen LogP contribution in [0.3, 0.4) is 0 Å². The maximum Gasteiger partial charge on any atom is 0.255 e. The Hall–Kier alpha value is -4.52. The summed E-state index contributed by atoms with van der Waals surface area (Å²) < 4.78 is 27.1. The fraction of sp³-hybridized carbons (Fsp3) is 0.161. The molecule has 0 spiro atoms. The van der Waals surface area contributed by atoms with Crippen LogP contribution in [0.1, 0.15) is 37.4 Å². The molecule has 0 saturated carbocycles. The minimum Gasteiger partial charge on any atom is -0.377 e. The van der Waals surface area contributed by atoms with Gasteiger partial charge in [0.15, 0.2) is 0 Å². The number of carbonyl (C=O) groups is 2. The lowest BCUT2D eigenvalue weighted by Gasteiger charge is -2.27. The molecule has 1 N–H and O–H groups in total. The van der Waals surface area contributed by atoms with Gasteiger partial charge in [-0.1, -0.05) is 35.9 Å². The predicted octanol–water partition coefficient (Wildman–Crippen LogP) is 6.43. The lowest BCUT2D eigenvalue weighted by molar-refractivity contribution is 0.0730. The molecule has 0 aliphatic rings. The largest absolute Gasteiger partial charge is 0.377 e. The van der Waals surface area contributed by atoms with Crippen LogP contribution < -0.4 is 10.2 Å². The van der Waals surface area contributed by atoms with Crippen molar-refractivity contribution in [3.05, 3.63) is 130 Å². The molecule has 0 aliphatic carbocycles. The maximum absolute atomic E-state index is 13.7. The molecule has 0 saturated heterocycles. The van der Waals surface area contributed by atoms with Crippen molar-refractivity contribution in [1.29, 1.82) is 0 Å². The third kappa shape index (κ3) is 6.62. The second-order valence-corrected chi connectivity index (χ2v) is 9.36. The van der Waals surface area contributed by atoms with Crippen LogP contribution in [0.2, 0.25) is 0 Å². The van der Waals surface area contributed by atoms with Gasteiger partial charge in [0.1, 0.15) is 11.6 Å². The molecule has 4 rings (SSSR count). The average Bonchev–Trinajstić information content (AvgIpc) is 2.89. The number of hydrogen-bond acceptors (Lipinski definition) is 3. The summed E-state index contributed by atoms with van der Waals surface area (Å²) in [6.07, 6.45) is 0.